The molecule has 0 aliphatic rings. The molecular formula is C14H32LiNSi. The van der Waals surface area contributed by atoms with Crippen molar-refractivity contribution in [2.24, 2.45) is 0 Å². The monoisotopic (exact) mass is 249 g/mol. The van der Waals surface area contributed by atoms with Crippen LogP contribution >= 0.6 is 0 Å². The predicted molar refractivity (Wildman–Crippen MR) is 83.5 cm³/mol. The van der Waals surface area contributed by atoms with Crippen molar-refractivity contribution in [3.63, 3.8) is 0 Å². The quantitative estimate of drug-likeness (QED) is 0.650. The zero-order chi connectivity index (χ0) is 13.9. The van der Waals surface area contributed by atoms with Crippen LogP contribution in [0.4, 0.5) is 0 Å². The van der Waals surface area contributed by atoms with Crippen LogP contribution in [0.2, 0.25) is 21.7 Å². The molecule has 0 aliphatic carbocycles. The summed E-state index contributed by atoms with van der Waals surface area (Å²) in [4.78, 5) is 0. The first kappa shape index (κ1) is 17.8. The van der Waals surface area contributed by atoms with E-state index in [1.807, 2.05) is 0 Å². The molecule has 0 heterocycles. The maximum absolute atomic E-state index is 2.83. The third-order valence-electron chi connectivity index (χ3n) is 4.72. The van der Waals surface area contributed by atoms with E-state index in [9.17, 15) is 0 Å². The Labute approximate surface area is 120 Å². The Morgan fingerprint density at radius 2 is 1.41 bits per heavy atom. The van der Waals surface area contributed by atoms with E-state index in [0.717, 1.165) is 0 Å². The number of hydrogen-bond acceptors (Lipinski definition) is 1. The van der Waals surface area contributed by atoms with Crippen molar-refractivity contribution in [2.45, 2.75) is 76.6 Å². The van der Waals surface area contributed by atoms with Gasteiger partial charge in [-0.25, -0.2) is 0 Å². The summed E-state index contributed by atoms with van der Waals surface area (Å²) in [6.07, 6.45) is 1.34. The molecule has 0 atom stereocenters. The topological polar surface area (TPSA) is 3.24 Å². The van der Waals surface area contributed by atoms with Crippen LogP contribution in [0.15, 0.2) is 0 Å². The van der Waals surface area contributed by atoms with Gasteiger partial charge < -0.3 is 0 Å². The zero-order valence-electron chi connectivity index (χ0n) is 13.8. The van der Waals surface area contributed by atoms with Crippen molar-refractivity contribution in [1.29, 1.82) is 0 Å². The molecule has 0 amide bonds. The van der Waals surface area contributed by atoms with E-state index in [1.54, 1.807) is 0 Å². The molecule has 0 radical (unpaired) electrons. The molecule has 0 N–H and O–H groups in total. The molecule has 0 saturated heterocycles. The molecule has 0 aromatic carbocycles. The van der Waals surface area contributed by atoms with Crippen LogP contribution in [-0.2, 0) is 0 Å². The van der Waals surface area contributed by atoms with Crippen LogP contribution < -0.4 is 0 Å². The summed E-state index contributed by atoms with van der Waals surface area (Å²) in [6.45, 7) is 22.1. The van der Waals surface area contributed by atoms with Gasteiger partial charge in [-0.05, 0) is 0 Å². The van der Waals surface area contributed by atoms with Gasteiger partial charge in [-0.2, -0.15) is 0 Å². The minimum absolute atomic E-state index is 0.426. The number of hydrogen-bond donors (Lipinski definition) is 0. The number of rotatable bonds is 5. The van der Waals surface area contributed by atoms with Crippen LogP contribution in [0.3, 0.4) is 0 Å². The van der Waals surface area contributed by atoms with Gasteiger partial charge in [0.1, 0.15) is 0 Å². The summed E-state index contributed by atoms with van der Waals surface area (Å²) >= 11 is 2.29. The van der Waals surface area contributed by atoms with Gasteiger partial charge in [-0.1, -0.05) is 0 Å². The second-order valence-electron chi connectivity index (χ2n) is 7.51. The van der Waals surface area contributed by atoms with Gasteiger partial charge in [0.05, 0.1) is 0 Å². The molecular weight excluding hydrogens is 217 g/mol. The van der Waals surface area contributed by atoms with Crippen LogP contribution in [0.25, 0.3) is 0 Å². The van der Waals surface area contributed by atoms with Crippen LogP contribution in [-0.4, -0.2) is 43.6 Å². The average Bonchev–Trinajstić information content (AvgIpc) is 2.15. The molecule has 0 spiro atoms. The van der Waals surface area contributed by atoms with E-state index < -0.39 is 8.24 Å². The third kappa shape index (κ3) is 3.87. The molecule has 0 saturated carbocycles. The first-order valence-corrected chi connectivity index (χ1v) is 9.72. The summed E-state index contributed by atoms with van der Waals surface area (Å²) < 4.78 is 2.83. The Hall–Kier alpha value is 0.774. The molecule has 17 heavy (non-hydrogen) atoms. The SMILES string of the molecule is [Li][CH2]CCN(CC)[Si](C)(C(C)(C)C)C(C)(C)C. The van der Waals surface area contributed by atoms with E-state index in [1.165, 1.54) is 24.6 Å². The maximum atomic E-state index is 2.83. The molecule has 1 nitrogen and oxygen atoms in total. The molecule has 0 bridgehead atoms. The first-order valence-electron chi connectivity index (χ1n) is 7.27. The van der Waals surface area contributed by atoms with Gasteiger partial charge in [0, 0.05) is 0 Å². The average molecular weight is 249 g/mol. The minimum atomic E-state index is -1.49. The summed E-state index contributed by atoms with van der Waals surface area (Å²) in [5, 5.41) is 2.15. The molecule has 0 aromatic rings. The summed E-state index contributed by atoms with van der Waals surface area (Å²) in [7, 11) is -1.49. The molecule has 98 valence electrons. The van der Waals surface area contributed by atoms with E-state index in [4.69, 9.17) is 0 Å². The van der Waals surface area contributed by atoms with Gasteiger partial charge >= 0.3 is 120 Å². The van der Waals surface area contributed by atoms with Crippen molar-refractivity contribution >= 4 is 26.0 Å². The Morgan fingerprint density at radius 1 is 1.00 bits per heavy atom. The van der Waals surface area contributed by atoms with Gasteiger partial charge in [0.25, 0.3) is 0 Å². The molecule has 0 aromatic heterocycles. The molecule has 0 unspecified atom stereocenters. The van der Waals surface area contributed by atoms with Crippen LogP contribution in [0.5, 0.6) is 0 Å². The molecule has 0 aliphatic heterocycles. The predicted octanol–water partition coefficient (Wildman–Crippen LogP) is 4.46. The van der Waals surface area contributed by atoms with E-state index in [2.05, 4.69) is 77.3 Å². The van der Waals surface area contributed by atoms with Crippen molar-refractivity contribution < 1.29 is 0 Å². The van der Waals surface area contributed by atoms with Gasteiger partial charge in [0.15, 0.2) is 0 Å². The van der Waals surface area contributed by atoms with E-state index in [-0.39, 0.29) is 0 Å². The normalized spacial score (nSPS) is 14.5. The molecule has 0 fully saturated rings. The Bertz CT molecular complexity index is 213. The Balaban J connectivity index is 5.30. The van der Waals surface area contributed by atoms with Gasteiger partial charge in [-0.15, -0.1) is 0 Å². The summed E-state index contributed by atoms with van der Waals surface area (Å²) in [5.41, 5.74) is 0. The second kappa shape index (κ2) is 6.28. The van der Waals surface area contributed by atoms with Crippen molar-refractivity contribution in [1.82, 2.24) is 4.57 Å². The fourth-order valence-electron chi connectivity index (χ4n) is 3.12. The molecule has 3 heteroatoms. The zero-order valence-corrected chi connectivity index (χ0v) is 14.8. The van der Waals surface area contributed by atoms with Crippen molar-refractivity contribution in [2.75, 3.05) is 13.1 Å². The molecule has 0 rings (SSSR count). The van der Waals surface area contributed by atoms with Crippen LogP contribution in [0, 0.1) is 0 Å². The fourth-order valence-corrected chi connectivity index (χ4v) is 8.51. The summed E-state index contributed by atoms with van der Waals surface area (Å²) in [6, 6.07) is 0. The third-order valence-corrected chi connectivity index (χ3v) is 12.4. The standard InChI is InChI=1S/C14H32NSi.Li/c1-10-12-15(11-2)16(9,13(3,4)5)14(6,7)8;/h1,10-12H2,2-9H3;. The van der Waals surface area contributed by atoms with Crippen LogP contribution in [0.1, 0.15) is 54.9 Å². The first-order chi connectivity index (χ1) is 7.52. The van der Waals surface area contributed by atoms with Gasteiger partial charge in [-0.3, -0.25) is 0 Å². The van der Waals surface area contributed by atoms with E-state index in [0.29, 0.717) is 10.1 Å². The Morgan fingerprint density at radius 3 is 1.65 bits per heavy atom. The number of nitrogens with zero attached hydrogens (tertiary/aromatic N) is 1. The summed E-state index contributed by atoms with van der Waals surface area (Å²) in [5.74, 6) is 0. The Kier molecular flexibility index (Phi) is 6.57. The van der Waals surface area contributed by atoms with E-state index >= 15 is 0 Å². The second-order valence-corrected chi connectivity index (χ2v) is 13.3. The van der Waals surface area contributed by atoms with Crippen molar-refractivity contribution in [3.05, 3.63) is 0 Å². The van der Waals surface area contributed by atoms with Gasteiger partial charge in [0.2, 0.25) is 0 Å². The van der Waals surface area contributed by atoms with Crippen molar-refractivity contribution in [3.8, 4) is 0 Å². The fraction of sp³-hybridized carbons (Fsp3) is 1.00.